The molecule has 0 aromatic carbocycles. The van der Waals surface area contributed by atoms with E-state index in [0.717, 1.165) is 29.6 Å². The molecule has 0 unspecified atom stereocenters. The molecule has 1 fully saturated rings. The van der Waals surface area contributed by atoms with Gasteiger partial charge in [-0.25, -0.2) is 0 Å². The molecule has 0 atom stereocenters. The molecule has 21 heavy (non-hydrogen) atoms. The van der Waals surface area contributed by atoms with Crippen LogP contribution in [-0.2, 0) is 19.5 Å². The van der Waals surface area contributed by atoms with Gasteiger partial charge in [-0.05, 0) is 26.3 Å². The number of nitrogens with zero attached hydrogens (tertiary/aromatic N) is 4. The molecular weight excluding hydrogens is 268 g/mol. The van der Waals surface area contributed by atoms with Crippen molar-refractivity contribution in [1.29, 1.82) is 0 Å². The molecule has 2 aromatic heterocycles. The first-order chi connectivity index (χ1) is 10.2. The first kappa shape index (κ1) is 14.3. The van der Waals surface area contributed by atoms with Crippen molar-refractivity contribution in [2.45, 2.75) is 58.0 Å². The van der Waals surface area contributed by atoms with E-state index in [1.54, 1.807) is 0 Å². The summed E-state index contributed by atoms with van der Waals surface area (Å²) in [5.74, 6) is 2.89. The van der Waals surface area contributed by atoms with Gasteiger partial charge in [-0.3, -0.25) is 4.90 Å². The summed E-state index contributed by atoms with van der Waals surface area (Å²) in [7, 11) is 2.01. The van der Waals surface area contributed by atoms with E-state index in [1.165, 1.54) is 25.7 Å². The molecule has 0 radical (unpaired) electrons. The van der Waals surface area contributed by atoms with Crippen LogP contribution in [0.5, 0.6) is 0 Å². The zero-order valence-corrected chi connectivity index (χ0v) is 12.7. The second-order valence-corrected chi connectivity index (χ2v) is 5.84. The Morgan fingerprint density at radius 2 is 2.00 bits per heavy atom. The van der Waals surface area contributed by atoms with Crippen molar-refractivity contribution in [3.05, 3.63) is 29.2 Å². The topological polar surface area (TPSA) is 68.2 Å². The van der Waals surface area contributed by atoms with Crippen LogP contribution in [-0.4, -0.2) is 27.2 Å². The van der Waals surface area contributed by atoms with E-state index in [2.05, 4.69) is 27.1 Å². The Hall–Kier alpha value is -1.69. The van der Waals surface area contributed by atoms with E-state index in [0.29, 0.717) is 19.0 Å². The Morgan fingerprint density at radius 1 is 1.19 bits per heavy atom. The summed E-state index contributed by atoms with van der Waals surface area (Å²) >= 11 is 0. The Morgan fingerprint density at radius 3 is 2.71 bits per heavy atom. The van der Waals surface area contributed by atoms with Gasteiger partial charge < -0.3 is 9.05 Å². The van der Waals surface area contributed by atoms with E-state index < -0.39 is 0 Å². The fraction of sp³-hybridized carbons (Fsp3) is 0.667. The van der Waals surface area contributed by atoms with E-state index in [9.17, 15) is 0 Å². The second-order valence-electron chi connectivity index (χ2n) is 5.84. The van der Waals surface area contributed by atoms with E-state index in [1.807, 2.05) is 13.1 Å². The van der Waals surface area contributed by atoms with Crippen LogP contribution in [0.2, 0.25) is 0 Å². The number of hydrogen-bond acceptors (Lipinski definition) is 6. The van der Waals surface area contributed by atoms with Crippen molar-refractivity contribution in [2.24, 2.45) is 0 Å². The maximum Gasteiger partial charge on any atom is 0.229 e. The summed E-state index contributed by atoms with van der Waals surface area (Å²) in [6.07, 6.45) is 5.79. The highest BCUT2D eigenvalue weighted by atomic mass is 16.5. The summed E-state index contributed by atoms with van der Waals surface area (Å²) in [6, 6.07) is 2.00. The lowest BCUT2D eigenvalue weighted by Gasteiger charge is -2.11. The SMILES string of the molecule is CCc1cc(CN(C)Cc2noc(C3CCCC3)n2)on1. The summed E-state index contributed by atoms with van der Waals surface area (Å²) in [6.45, 7) is 3.41. The summed E-state index contributed by atoms with van der Waals surface area (Å²) < 4.78 is 10.7. The first-order valence-electron chi connectivity index (χ1n) is 7.70. The highest BCUT2D eigenvalue weighted by Crippen LogP contribution is 2.32. The molecule has 2 heterocycles. The van der Waals surface area contributed by atoms with Gasteiger partial charge >= 0.3 is 0 Å². The van der Waals surface area contributed by atoms with Gasteiger partial charge in [0.25, 0.3) is 0 Å². The van der Waals surface area contributed by atoms with Gasteiger partial charge in [-0.2, -0.15) is 4.98 Å². The van der Waals surface area contributed by atoms with Gasteiger partial charge in [0.1, 0.15) is 0 Å². The quantitative estimate of drug-likeness (QED) is 0.814. The number of aromatic nitrogens is 3. The van der Waals surface area contributed by atoms with Crippen LogP contribution >= 0.6 is 0 Å². The minimum atomic E-state index is 0.470. The average Bonchev–Trinajstić information content (AvgIpc) is 3.19. The molecule has 3 rings (SSSR count). The van der Waals surface area contributed by atoms with E-state index in [-0.39, 0.29) is 0 Å². The van der Waals surface area contributed by atoms with Gasteiger partial charge in [0, 0.05) is 12.0 Å². The molecule has 0 bridgehead atoms. The first-order valence-corrected chi connectivity index (χ1v) is 7.70. The van der Waals surface area contributed by atoms with Crippen molar-refractivity contribution < 1.29 is 9.05 Å². The van der Waals surface area contributed by atoms with Crippen molar-refractivity contribution in [3.63, 3.8) is 0 Å². The Bertz CT molecular complexity index is 572. The monoisotopic (exact) mass is 290 g/mol. The van der Waals surface area contributed by atoms with Gasteiger partial charge in [-0.1, -0.05) is 30.1 Å². The zero-order chi connectivity index (χ0) is 14.7. The lowest BCUT2D eigenvalue weighted by Crippen LogP contribution is -2.17. The van der Waals surface area contributed by atoms with Crippen LogP contribution in [0.25, 0.3) is 0 Å². The second kappa shape index (κ2) is 6.39. The fourth-order valence-electron chi connectivity index (χ4n) is 2.83. The third kappa shape index (κ3) is 3.50. The smallest absolute Gasteiger partial charge is 0.229 e. The summed E-state index contributed by atoms with van der Waals surface area (Å²) in [4.78, 5) is 6.63. The molecule has 0 amide bonds. The Labute approximate surface area is 124 Å². The third-order valence-electron chi connectivity index (χ3n) is 4.00. The van der Waals surface area contributed by atoms with Crippen LogP contribution in [0.4, 0.5) is 0 Å². The largest absolute Gasteiger partial charge is 0.360 e. The molecule has 6 nitrogen and oxygen atoms in total. The minimum Gasteiger partial charge on any atom is -0.360 e. The molecule has 114 valence electrons. The highest BCUT2D eigenvalue weighted by Gasteiger charge is 2.23. The van der Waals surface area contributed by atoms with E-state index in [4.69, 9.17) is 9.05 Å². The van der Waals surface area contributed by atoms with Crippen LogP contribution in [0.3, 0.4) is 0 Å². The fourth-order valence-corrected chi connectivity index (χ4v) is 2.83. The normalized spacial score (nSPS) is 16.1. The van der Waals surface area contributed by atoms with Gasteiger partial charge in [0.15, 0.2) is 11.6 Å². The number of hydrogen-bond donors (Lipinski definition) is 0. The van der Waals surface area contributed by atoms with Crippen LogP contribution in [0.15, 0.2) is 15.1 Å². The Kier molecular flexibility index (Phi) is 4.34. The lowest BCUT2D eigenvalue weighted by molar-refractivity contribution is 0.256. The lowest BCUT2D eigenvalue weighted by atomic mass is 10.1. The maximum absolute atomic E-state index is 5.40. The summed E-state index contributed by atoms with van der Waals surface area (Å²) in [5.41, 5.74) is 0.987. The molecular formula is C15H22N4O2. The van der Waals surface area contributed by atoms with E-state index >= 15 is 0 Å². The molecule has 0 N–H and O–H groups in total. The predicted octanol–water partition coefficient (Wildman–Crippen LogP) is 2.91. The van der Waals surface area contributed by atoms with Crippen LogP contribution in [0.1, 0.15) is 61.7 Å². The van der Waals surface area contributed by atoms with Crippen molar-refractivity contribution in [3.8, 4) is 0 Å². The molecule has 1 saturated carbocycles. The molecule has 1 aliphatic rings. The van der Waals surface area contributed by atoms with Crippen LogP contribution in [0, 0.1) is 0 Å². The predicted molar refractivity (Wildman–Crippen MR) is 76.6 cm³/mol. The number of aryl methyl sites for hydroxylation is 1. The Balaban J connectivity index is 1.55. The molecule has 0 aliphatic heterocycles. The molecule has 2 aromatic rings. The molecule has 0 spiro atoms. The zero-order valence-electron chi connectivity index (χ0n) is 12.7. The third-order valence-corrected chi connectivity index (χ3v) is 4.00. The standard InChI is InChI=1S/C15H22N4O2/c1-3-12-8-13(20-17-12)9-19(2)10-14-16-15(21-18-14)11-6-4-5-7-11/h8,11H,3-7,9-10H2,1-2H3. The molecule has 1 aliphatic carbocycles. The van der Waals surface area contributed by atoms with Crippen LogP contribution < -0.4 is 0 Å². The van der Waals surface area contributed by atoms with Gasteiger partial charge in [0.05, 0.1) is 18.8 Å². The van der Waals surface area contributed by atoms with Crippen molar-refractivity contribution >= 4 is 0 Å². The average molecular weight is 290 g/mol. The molecule has 6 heteroatoms. The summed E-state index contributed by atoms with van der Waals surface area (Å²) in [5, 5.41) is 8.09. The highest BCUT2D eigenvalue weighted by molar-refractivity contribution is 5.05. The van der Waals surface area contributed by atoms with Crippen molar-refractivity contribution in [2.75, 3.05) is 7.05 Å². The minimum absolute atomic E-state index is 0.470. The van der Waals surface area contributed by atoms with Gasteiger partial charge in [0.2, 0.25) is 5.89 Å². The maximum atomic E-state index is 5.40. The molecule has 0 saturated heterocycles. The number of rotatable bonds is 6. The van der Waals surface area contributed by atoms with Crippen molar-refractivity contribution in [1.82, 2.24) is 20.2 Å². The van der Waals surface area contributed by atoms with Gasteiger partial charge in [-0.15, -0.1) is 0 Å².